The number of nitrogens with one attached hydrogen (secondary N) is 1. The van der Waals surface area contributed by atoms with Crippen molar-refractivity contribution in [2.75, 3.05) is 58.4 Å². The zero-order chi connectivity index (χ0) is 25.1. The van der Waals surface area contributed by atoms with Crippen molar-refractivity contribution >= 4 is 22.6 Å². The summed E-state index contributed by atoms with van der Waals surface area (Å²) in [5.41, 5.74) is 1.83. The number of morpholine rings is 1. The molecule has 0 spiro atoms. The molecule has 0 radical (unpaired) electrons. The number of methoxy groups -OCH3 is 1. The SMILES string of the molecule is COc1c(OCC(O)CN2CCOCC2)ccc2c3n(c(=NC(=O)c4cccnc4C)nc12)CCN3. The number of aliphatic hydroxyl groups is 1. The first-order valence-corrected chi connectivity index (χ1v) is 12.0. The van der Waals surface area contributed by atoms with Crippen molar-refractivity contribution in [3.05, 3.63) is 47.3 Å². The van der Waals surface area contributed by atoms with Gasteiger partial charge in [0.05, 0.1) is 31.6 Å². The van der Waals surface area contributed by atoms with Crippen LogP contribution in [0, 0.1) is 6.92 Å². The number of amides is 1. The number of hydrogen-bond acceptors (Lipinski definition) is 9. The summed E-state index contributed by atoms with van der Waals surface area (Å²) in [4.78, 5) is 28.4. The minimum atomic E-state index is -0.667. The number of pyridine rings is 1. The third-order valence-electron chi connectivity index (χ3n) is 6.35. The molecule has 5 rings (SSSR count). The summed E-state index contributed by atoms with van der Waals surface area (Å²) in [5.74, 6) is 1.28. The van der Waals surface area contributed by atoms with E-state index in [1.54, 1.807) is 32.4 Å². The third-order valence-corrected chi connectivity index (χ3v) is 6.35. The lowest BCUT2D eigenvalue weighted by Crippen LogP contribution is -2.42. The molecule has 0 bridgehead atoms. The summed E-state index contributed by atoms with van der Waals surface area (Å²) in [6.07, 6.45) is 0.973. The highest BCUT2D eigenvalue weighted by molar-refractivity contribution is 5.97. The van der Waals surface area contributed by atoms with Crippen LogP contribution < -0.4 is 20.4 Å². The molecule has 1 aromatic carbocycles. The summed E-state index contributed by atoms with van der Waals surface area (Å²) in [6.45, 7) is 6.63. The highest BCUT2D eigenvalue weighted by atomic mass is 16.5. The zero-order valence-electron chi connectivity index (χ0n) is 20.4. The Labute approximate surface area is 208 Å². The van der Waals surface area contributed by atoms with Gasteiger partial charge in [0.15, 0.2) is 11.5 Å². The van der Waals surface area contributed by atoms with Gasteiger partial charge in [0.25, 0.3) is 5.91 Å². The van der Waals surface area contributed by atoms with Gasteiger partial charge in [0.2, 0.25) is 5.62 Å². The van der Waals surface area contributed by atoms with Crippen LogP contribution in [0.2, 0.25) is 0 Å². The van der Waals surface area contributed by atoms with E-state index in [2.05, 4.69) is 20.2 Å². The zero-order valence-corrected chi connectivity index (χ0v) is 20.4. The average molecular weight is 495 g/mol. The van der Waals surface area contributed by atoms with E-state index >= 15 is 0 Å². The highest BCUT2D eigenvalue weighted by Gasteiger charge is 2.22. The second-order valence-corrected chi connectivity index (χ2v) is 8.76. The smallest absolute Gasteiger partial charge is 0.282 e. The second-order valence-electron chi connectivity index (χ2n) is 8.76. The van der Waals surface area contributed by atoms with Crippen molar-refractivity contribution in [3.63, 3.8) is 0 Å². The molecule has 0 saturated carbocycles. The fourth-order valence-electron chi connectivity index (χ4n) is 4.53. The van der Waals surface area contributed by atoms with Crippen LogP contribution in [-0.4, -0.2) is 89.7 Å². The van der Waals surface area contributed by atoms with Crippen LogP contribution in [-0.2, 0) is 11.3 Å². The van der Waals surface area contributed by atoms with E-state index in [1.165, 1.54) is 0 Å². The van der Waals surface area contributed by atoms with Crippen LogP contribution in [0.3, 0.4) is 0 Å². The first-order valence-electron chi connectivity index (χ1n) is 12.0. The number of aryl methyl sites for hydroxylation is 1. The van der Waals surface area contributed by atoms with E-state index in [-0.39, 0.29) is 12.2 Å². The Balaban J connectivity index is 1.47. The van der Waals surface area contributed by atoms with Crippen molar-refractivity contribution in [3.8, 4) is 11.5 Å². The minimum absolute atomic E-state index is 0.104. The number of aromatic nitrogens is 3. The normalized spacial score (nSPS) is 17.0. The van der Waals surface area contributed by atoms with E-state index in [9.17, 15) is 9.90 Å². The molecule has 1 amide bonds. The molecule has 190 valence electrons. The van der Waals surface area contributed by atoms with E-state index in [0.717, 1.165) is 24.3 Å². The van der Waals surface area contributed by atoms with Crippen LogP contribution in [0.5, 0.6) is 11.5 Å². The molecule has 1 fully saturated rings. The maximum atomic E-state index is 13.0. The molecule has 2 aromatic heterocycles. The van der Waals surface area contributed by atoms with Crippen LogP contribution in [0.1, 0.15) is 16.1 Å². The lowest BCUT2D eigenvalue weighted by molar-refractivity contribution is 0.00447. The second kappa shape index (κ2) is 10.6. The van der Waals surface area contributed by atoms with Crippen LogP contribution in [0.15, 0.2) is 35.5 Å². The van der Waals surface area contributed by atoms with Gasteiger partial charge in [-0.3, -0.25) is 19.2 Å². The van der Waals surface area contributed by atoms with Crippen LogP contribution in [0.25, 0.3) is 10.9 Å². The number of carbonyl (C=O) groups is 1. The molecule has 2 N–H and O–H groups in total. The van der Waals surface area contributed by atoms with Gasteiger partial charge in [-0.25, -0.2) is 4.98 Å². The Morgan fingerprint density at radius 3 is 2.89 bits per heavy atom. The van der Waals surface area contributed by atoms with Gasteiger partial charge in [0.1, 0.15) is 24.0 Å². The number of nitrogens with zero attached hydrogens (tertiary/aromatic N) is 5. The van der Waals surface area contributed by atoms with Crippen molar-refractivity contribution in [2.24, 2.45) is 4.99 Å². The maximum Gasteiger partial charge on any atom is 0.282 e. The van der Waals surface area contributed by atoms with Gasteiger partial charge in [-0.2, -0.15) is 4.99 Å². The van der Waals surface area contributed by atoms with Crippen LogP contribution in [0.4, 0.5) is 5.82 Å². The molecular formula is C25H30N6O5. The Hall–Kier alpha value is -3.54. The highest BCUT2D eigenvalue weighted by Crippen LogP contribution is 2.37. The van der Waals surface area contributed by atoms with E-state index in [1.807, 2.05) is 16.7 Å². The van der Waals surface area contributed by atoms with Gasteiger partial charge in [-0.1, -0.05) is 0 Å². The molecule has 3 aromatic rings. The molecule has 36 heavy (non-hydrogen) atoms. The number of carbonyl (C=O) groups excluding carboxylic acids is 1. The number of rotatable bonds is 7. The minimum Gasteiger partial charge on any atom is -0.491 e. The number of ether oxygens (including phenoxy) is 3. The molecule has 2 aliphatic heterocycles. The number of aliphatic hydroxyl groups excluding tert-OH is 1. The fourth-order valence-corrected chi connectivity index (χ4v) is 4.53. The molecular weight excluding hydrogens is 464 g/mol. The van der Waals surface area contributed by atoms with Gasteiger partial charge in [-0.05, 0) is 31.2 Å². The Bertz CT molecular complexity index is 1330. The van der Waals surface area contributed by atoms with Crippen molar-refractivity contribution < 1.29 is 24.1 Å². The van der Waals surface area contributed by atoms with Gasteiger partial charge >= 0.3 is 0 Å². The Morgan fingerprint density at radius 1 is 1.28 bits per heavy atom. The average Bonchev–Trinajstić information content (AvgIpc) is 3.38. The molecule has 1 unspecified atom stereocenters. The topological polar surface area (TPSA) is 123 Å². The fraction of sp³-hybridized carbons (Fsp3) is 0.440. The molecule has 11 heteroatoms. The Morgan fingerprint density at radius 2 is 2.11 bits per heavy atom. The van der Waals surface area contributed by atoms with Crippen molar-refractivity contribution in [1.29, 1.82) is 0 Å². The molecule has 2 aliphatic rings. The van der Waals surface area contributed by atoms with Gasteiger partial charge in [-0.15, -0.1) is 0 Å². The largest absolute Gasteiger partial charge is 0.491 e. The first-order chi connectivity index (χ1) is 17.5. The quantitative estimate of drug-likeness (QED) is 0.495. The number of benzene rings is 1. The first kappa shape index (κ1) is 24.2. The van der Waals surface area contributed by atoms with Gasteiger partial charge in [0, 0.05) is 44.3 Å². The predicted molar refractivity (Wildman–Crippen MR) is 132 cm³/mol. The summed E-state index contributed by atoms with van der Waals surface area (Å²) in [5, 5.41) is 14.7. The summed E-state index contributed by atoms with van der Waals surface area (Å²) in [6, 6.07) is 7.12. The summed E-state index contributed by atoms with van der Waals surface area (Å²) >= 11 is 0. The number of fused-ring (bicyclic) bond motifs is 3. The Kier molecular flexibility index (Phi) is 7.12. The third kappa shape index (κ3) is 4.90. The summed E-state index contributed by atoms with van der Waals surface area (Å²) in [7, 11) is 1.54. The molecule has 4 heterocycles. The van der Waals surface area contributed by atoms with Crippen LogP contribution >= 0.6 is 0 Å². The maximum absolute atomic E-state index is 13.0. The number of anilines is 1. The van der Waals surface area contributed by atoms with Crippen molar-refractivity contribution in [1.82, 2.24) is 19.4 Å². The standard InChI is InChI=1S/C25H30N6O5/c1-16-18(4-3-7-26-16)24(33)29-25-28-21-19(23-27-8-9-31(23)25)5-6-20(22(21)34-2)36-15-17(32)14-30-10-12-35-13-11-30/h3-7,17,27,32H,8-15H2,1-2H3. The molecule has 1 atom stereocenters. The molecule has 11 nitrogen and oxygen atoms in total. The van der Waals surface area contributed by atoms with E-state index < -0.39 is 12.0 Å². The monoisotopic (exact) mass is 494 g/mol. The van der Waals surface area contributed by atoms with Crippen molar-refractivity contribution in [2.45, 2.75) is 19.6 Å². The number of hydrogen-bond donors (Lipinski definition) is 2. The lowest BCUT2D eigenvalue weighted by atomic mass is 10.2. The van der Waals surface area contributed by atoms with E-state index in [4.69, 9.17) is 19.2 Å². The lowest BCUT2D eigenvalue weighted by Gasteiger charge is -2.28. The van der Waals surface area contributed by atoms with E-state index in [0.29, 0.717) is 61.1 Å². The van der Waals surface area contributed by atoms with Gasteiger partial charge < -0.3 is 24.6 Å². The molecule has 0 aliphatic carbocycles. The number of β-amino-alcohol motifs (C(OH)–C–C–N with tert-alkyl or cyclic N) is 1. The molecule has 1 saturated heterocycles. The predicted octanol–water partition coefficient (Wildman–Crippen LogP) is 0.987. The summed E-state index contributed by atoms with van der Waals surface area (Å²) < 4.78 is 18.9.